The molecule has 5 rings (SSSR count). The third kappa shape index (κ3) is 3.43. The number of imidazole rings is 1. The molecule has 156 valence electrons. The number of nitrogens with zero attached hydrogens (tertiary/aromatic N) is 2. The van der Waals surface area contributed by atoms with E-state index in [9.17, 15) is 9.59 Å². The van der Waals surface area contributed by atoms with E-state index < -0.39 is 0 Å². The normalized spacial score (nSPS) is 11.6. The molecular weight excluding hydrogens is 422 g/mol. The summed E-state index contributed by atoms with van der Waals surface area (Å²) in [6.07, 6.45) is 2.99. The Kier molecular flexibility index (Phi) is 4.96. The summed E-state index contributed by atoms with van der Waals surface area (Å²) >= 11 is 6.19. The predicted octanol–water partition coefficient (Wildman–Crippen LogP) is 5.63. The zero-order valence-electron chi connectivity index (χ0n) is 17.2. The molecule has 0 unspecified atom stereocenters. The molecule has 5 aromatic rings. The SMILES string of the molecule is Cn1c(=O)c(C(=O)/C=C\c2nc3ccccc3[nH]2)c(-c2ccccc2)c2ccc(Cl)cc21. The van der Waals surface area contributed by atoms with Gasteiger partial charge in [-0.2, -0.15) is 0 Å². The summed E-state index contributed by atoms with van der Waals surface area (Å²) in [5, 5.41) is 1.30. The lowest BCUT2D eigenvalue weighted by Crippen LogP contribution is -2.25. The largest absolute Gasteiger partial charge is 0.338 e. The number of carbonyl (C=O) groups is 1. The van der Waals surface area contributed by atoms with Gasteiger partial charge in [-0.3, -0.25) is 9.59 Å². The van der Waals surface area contributed by atoms with Crippen molar-refractivity contribution in [2.24, 2.45) is 7.05 Å². The van der Waals surface area contributed by atoms with Crippen molar-refractivity contribution >= 4 is 45.4 Å². The van der Waals surface area contributed by atoms with Crippen LogP contribution in [0.4, 0.5) is 0 Å². The summed E-state index contributed by atoms with van der Waals surface area (Å²) in [4.78, 5) is 34.3. The molecule has 3 aromatic carbocycles. The lowest BCUT2D eigenvalue weighted by molar-refractivity contribution is 0.104. The van der Waals surface area contributed by atoms with Crippen LogP contribution >= 0.6 is 11.6 Å². The average Bonchev–Trinajstić information content (AvgIpc) is 3.23. The molecule has 0 aliphatic rings. The maximum atomic E-state index is 13.3. The maximum Gasteiger partial charge on any atom is 0.262 e. The number of H-pyrrole nitrogens is 1. The number of hydrogen-bond acceptors (Lipinski definition) is 3. The summed E-state index contributed by atoms with van der Waals surface area (Å²) in [5.74, 6) is 0.159. The Bertz CT molecular complexity index is 1550. The van der Waals surface area contributed by atoms with Crippen molar-refractivity contribution in [3.63, 3.8) is 0 Å². The van der Waals surface area contributed by atoms with Crippen LogP contribution < -0.4 is 5.56 Å². The molecule has 0 spiro atoms. The van der Waals surface area contributed by atoms with E-state index in [0.29, 0.717) is 21.9 Å². The van der Waals surface area contributed by atoms with Gasteiger partial charge in [0.1, 0.15) is 5.82 Å². The Balaban J connectivity index is 1.70. The van der Waals surface area contributed by atoms with Crippen LogP contribution in [0.25, 0.3) is 39.1 Å². The van der Waals surface area contributed by atoms with E-state index in [1.54, 1.807) is 25.3 Å². The van der Waals surface area contributed by atoms with E-state index in [-0.39, 0.29) is 16.9 Å². The summed E-state index contributed by atoms with van der Waals surface area (Å²) in [7, 11) is 1.65. The predicted molar refractivity (Wildman–Crippen MR) is 129 cm³/mol. The van der Waals surface area contributed by atoms with Gasteiger partial charge in [0.15, 0.2) is 5.78 Å². The number of aromatic amines is 1. The third-order valence-corrected chi connectivity index (χ3v) is 5.70. The molecule has 1 N–H and O–H groups in total. The highest BCUT2D eigenvalue weighted by atomic mass is 35.5. The van der Waals surface area contributed by atoms with Crippen LogP contribution in [0.3, 0.4) is 0 Å². The zero-order valence-corrected chi connectivity index (χ0v) is 17.9. The lowest BCUT2D eigenvalue weighted by atomic mass is 9.93. The molecule has 0 aliphatic heterocycles. The Labute approximate surface area is 188 Å². The summed E-state index contributed by atoms with van der Waals surface area (Å²) in [6.45, 7) is 0. The van der Waals surface area contributed by atoms with Crippen molar-refractivity contribution in [2.75, 3.05) is 0 Å². The van der Waals surface area contributed by atoms with Gasteiger partial charge in [-0.05, 0) is 42.0 Å². The topological polar surface area (TPSA) is 67.8 Å². The minimum Gasteiger partial charge on any atom is -0.338 e. The molecule has 0 amide bonds. The maximum absolute atomic E-state index is 13.3. The van der Waals surface area contributed by atoms with Crippen LogP contribution in [0.1, 0.15) is 16.2 Å². The number of fused-ring (bicyclic) bond motifs is 2. The van der Waals surface area contributed by atoms with Crippen molar-refractivity contribution in [3.05, 3.63) is 106 Å². The molecule has 0 radical (unpaired) electrons. The Hall–Kier alpha value is -3.96. The fourth-order valence-corrected chi connectivity index (χ4v) is 4.10. The van der Waals surface area contributed by atoms with Crippen LogP contribution in [-0.2, 0) is 7.05 Å². The first kappa shape index (κ1) is 20.0. The van der Waals surface area contributed by atoms with E-state index in [0.717, 1.165) is 22.0 Å². The molecule has 0 atom stereocenters. The number of carbonyl (C=O) groups excluding carboxylic acids is 1. The molecule has 0 saturated heterocycles. The van der Waals surface area contributed by atoms with Crippen molar-refractivity contribution in [1.29, 1.82) is 0 Å². The number of halogens is 1. The summed E-state index contributed by atoms with van der Waals surface area (Å²) in [6, 6.07) is 22.4. The lowest BCUT2D eigenvalue weighted by Gasteiger charge is -2.15. The van der Waals surface area contributed by atoms with Gasteiger partial charge in [-0.25, -0.2) is 4.98 Å². The first-order chi connectivity index (χ1) is 15.5. The molecule has 0 aliphatic carbocycles. The molecule has 0 saturated carbocycles. The molecule has 2 aromatic heterocycles. The molecule has 0 fully saturated rings. The number of ketones is 1. The monoisotopic (exact) mass is 439 g/mol. The van der Waals surface area contributed by atoms with Gasteiger partial charge in [-0.15, -0.1) is 0 Å². The number of aryl methyl sites for hydroxylation is 1. The first-order valence-corrected chi connectivity index (χ1v) is 10.5. The molecular formula is C26H18ClN3O2. The van der Waals surface area contributed by atoms with Gasteiger partial charge < -0.3 is 9.55 Å². The van der Waals surface area contributed by atoms with Gasteiger partial charge in [0.05, 0.1) is 22.1 Å². The highest BCUT2D eigenvalue weighted by molar-refractivity contribution is 6.31. The fraction of sp³-hybridized carbons (Fsp3) is 0.0385. The van der Waals surface area contributed by atoms with Crippen LogP contribution in [0.5, 0.6) is 0 Å². The van der Waals surface area contributed by atoms with Crippen LogP contribution in [0.2, 0.25) is 5.02 Å². The zero-order chi connectivity index (χ0) is 22.2. The number of hydrogen-bond donors (Lipinski definition) is 1. The molecule has 5 nitrogen and oxygen atoms in total. The number of nitrogens with one attached hydrogen (secondary N) is 1. The minimum absolute atomic E-state index is 0.112. The van der Waals surface area contributed by atoms with Gasteiger partial charge in [0.25, 0.3) is 5.56 Å². The number of para-hydroxylation sites is 2. The van der Waals surface area contributed by atoms with Crippen LogP contribution in [0.15, 0.2) is 83.7 Å². The van der Waals surface area contributed by atoms with E-state index in [4.69, 9.17) is 11.6 Å². The molecule has 2 heterocycles. The molecule has 0 bridgehead atoms. The number of allylic oxidation sites excluding steroid dienone is 1. The Morgan fingerprint density at radius 2 is 1.78 bits per heavy atom. The molecule has 6 heteroatoms. The Morgan fingerprint density at radius 3 is 2.56 bits per heavy atom. The second kappa shape index (κ2) is 7.94. The fourth-order valence-electron chi connectivity index (χ4n) is 3.94. The second-order valence-corrected chi connectivity index (χ2v) is 7.91. The van der Waals surface area contributed by atoms with E-state index in [1.807, 2.05) is 60.7 Å². The number of benzene rings is 3. The quantitative estimate of drug-likeness (QED) is 0.291. The number of aromatic nitrogens is 3. The minimum atomic E-state index is -0.387. The first-order valence-electron chi connectivity index (χ1n) is 10.1. The van der Waals surface area contributed by atoms with Crippen molar-refractivity contribution in [2.45, 2.75) is 0 Å². The van der Waals surface area contributed by atoms with E-state index in [1.165, 1.54) is 10.6 Å². The molecule has 32 heavy (non-hydrogen) atoms. The highest BCUT2D eigenvalue weighted by Gasteiger charge is 2.21. The van der Waals surface area contributed by atoms with Crippen molar-refractivity contribution < 1.29 is 4.79 Å². The van der Waals surface area contributed by atoms with Crippen LogP contribution in [-0.4, -0.2) is 20.3 Å². The average molecular weight is 440 g/mol. The van der Waals surface area contributed by atoms with Gasteiger partial charge >= 0.3 is 0 Å². The smallest absolute Gasteiger partial charge is 0.262 e. The second-order valence-electron chi connectivity index (χ2n) is 7.48. The number of rotatable bonds is 4. The van der Waals surface area contributed by atoms with Gasteiger partial charge in [0.2, 0.25) is 0 Å². The highest BCUT2D eigenvalue weighted by Crippen LogP contribution is 2.32. The Morgan fingerprint density at radius 1 is 1.03 bits per heavy atom. The standard InChI is InChI=1S/C26H18ClN3O2/c1-30-21-15-17(27)11-12-18(21)24(16-7-3-2-4-8-16)25(26(30)32)22(31)13-14-23-28-19-9-5-6-10-20(19)29-23/h2-15H,1H3,(H,28,29)/b14-13-. The summed E-state index contributed by atoms with van der Waals surface area (Å²) < 4.78 is 1.47. The van der Waals surface area contributed by atoms with E-state index in [2.05, 4.69) is 9.97 Å². The van der Waals surface area contributed by atoms with Crippen LogP contribution in [0, 0.1) is 0 Å². The van der Waals surface area contributed by atoms with E-state index >= 15 is 0 Å². The van der Waals surface area contributed by atoms with Gasteiger partial charge in [0, 0.05) is 23.0 Å². The summed E-state index contributed by atoms with van der Waals surface area (Å²) in [5.41, 5.74) is 3.47. The van der Waals surface area contributed by atoms with Crippen molar-refractivity contribution in [1.82, 2.24) is 14.5 Å². The third-order valence-electron chi connectivity index (χ3n) is 5.47. The van der Waals surface area contributed by atoms with Crippen molar-refractivity contribution in [3.8, 4) is 11.1 Å². The number of pyridine rings is 1. The van der Waals surface area contributed by atoms with Gasteiger partial charge in [-0.1, -0.05) is 60.1 Å².